The lowest BCUT2D eigenvalue weighted by atomic mass is 10.1. The predicted molar refractivity (Wildman–Crippen MR) is 61.0 cm³/mol. The Balaban J connectivity index is 2.29. The third-order valence-electron chi connectivity index (χ3n) is 2.03. The van der Waals surface area contributed by atoms with Crippen LogP contribution in [0.2, 0.25) is 0 Å². The zero-order valence-corrected chi connectivity index (χ0v) is 10.0. The molecule has 0 bridgehead atoms. The van der Waals surface area contributed by atoms with E-state index in [9.17, 15) is 4.79 Å². The largest absolute Gasteiger partial charge is 0.465 e. The van der Waals surface area contributed by atoms with Gasteiger partial charge in [-0.05, 0) is 40.2 Å². The second-order valence-electron chi connectivity index (χ2n) is 3.04. The minimum Gasteiger partial charge on any atom is -0.465 e. The molecule has 0 spiro atoms. The highest BCUT2D eigenvalue weighted by Gasteiger charge is 2.08. The van der Waals surface area contributed by atoms with Crippen LogP contribution in [-0.4, -0.2) is 18.1 Å². The third-order valence-corrected chi connectivity index (χ3v) is 2.40. The van der Waals surface area contributed by atoms with Crippen molar-refractivity contribution in [1.82, 2.24) is 4.98 Å². The summed E-state index contributed by atoms with van der Waals surface area (Å²) < 4.78 is 10.5. The lowest BCUT2D eigenvalue weighted by Crippen LogP contribution is -2.00. The van der Waals surface area contributed by atoms with E-state index in [1.54, 1.807) is 30.5 Å². The standard InChI is InChI=1S/C11H8BrNO3/c1-15-11(14)8-4-2-7(3-5-8)10-13-6-9(12)16-10/h2-6H,1H3. The maximum Gasteiger partial charge on any atom is 0.337 e. The molecule has 0 N–H and O–H groups in total. The van der Waals surface area contributed by atoms with E-state index in [4.69, 9.17) is 4.42 Å². The van der Waals surface area contributed by atoms with Crippen LogP contribution in [0.25, 0.3) is 11.5 Å². The Morgan fingerprint density at radius 2 is 2.06 bits per heavy atom. The maximum absolute atomic E-state index is 11.2. The average molecular weight is 282 g/mol. The van der Waals surface area contributed by atoms with Crippen LogP contribution in [0.15, 0.2) is 39.5 Å². The summed E-state index contributed by atoms with van der Waals surface area (Å²) in [5.41, 5.74) is 1.30. The molecule has 0 unspecified atom stereocenters. The van der Waals surface area contributed by atoms with E-state index in [0.717, 1.165) is 5.56 Å². The Morgan fingerprint density at radius 3 is 2.56 bits per heavy atom. The van der Waals surface area contributed by atoms with Crippen LogP contribution in [0.1, 0.15) is 10.4 Å². The number of rotatable bonds is 2. The number of ether oxygens (including phenoxy) is 1. The summed E-state index contributed by atoms with van der Waals surface area (Å²) in [6, 6.07) is 6.84. The van der Waals surface area contributed by atoms with Crippen molar-refractivity contribution in [3.63, 3.8) is 0 Å². The summed E-state index contributed by atoms with van der Waals surface area (Å²) >= 11 is 3.18. The van der Waals surface area contributed by atoms with Gasteiger partial charge in [-0.25, -0.2) is 9.78 Å². The first kappa shape index (κ1) is 10.9. The summed E-state index contributed by atoms with van der Waals surface area (Å²) in [5.74, 6) is 0.142. The van der Waals surface area contributed by atoms with Crippen LogP contribution in [0.3, 0.4) is 0 Å². The topological polar surface area (TPSA) is 52.3 Å². The van der Waals surface area contributed by atoms with Crippen molar-refractivity contribution in [3.8, 4) is 11.5 Å². The molecule has 0 amide bonds. The molecule has 1 aromatic carbocycles. The molecule has 0 saturated heterocycles. The first-order valence-corrected chi connectivity index (χ1v) is 5.30. The maximum atomic E-state index is 11.2. The molecule has 0 atom stereocenters. The Labute approximate surface area is 100 Å². The number of nitrogens with zero attached hydrogens (tertiary/aromatic N) is 1. The van der Waals surface area contributed by atoms with Crippen LogP contribution in [0.5, 0.6) is 0 Å². The Bertz CT molecular complexity index is 504. The van der Waals surface area contributed by atoms with Crippen molar-refractivity contribution >= 4 is 21.9 Å². The summed E-state index contributed by atoms with van der Waals surface area (Å²) in [4.78, 5) is 15.2. The van der Waals surface area contributed by atoms with E-state index in [1.807, 2.05) is 0 Å². The van der Waals surface area contributed by atoms with Crippen molar-refractivity contribution in [2.24, 2.45) is 0 Å². The minimum absolute atomic E-state index is 0.361. The van der Waals surface area contributed by atoms with Crippen LogP contribution < -0.4 is 0 Å². The fraction of sp³-hybridized carbons (Fsp3) is 0.0909. The molecule has 4 nitrogen and oxygen atoms in total. The second kappa shape index (κ2) is 4.49. The summed E-state index contributed by atoms with van der Waals surface area (Å²) in [6.45, 7) is 0. The van der Waals surface area contributed by atoms with E-state index in [-0.39, 0.29) is 5.97 Å². The number of esters is 1. The predicted octanol–water partition coefficient (Wildman–Crippen LogP) is 2.89. The van der Waals surface area contributed by atoms with E-state index in [0.29, 0.717) is 16.1 Å². The number of hydrogen-bond donors (Lipinski definition) is 0. The van der Waals surface area contributed by atoms with E-state index in [2.05, 4.69) is 25.7 Å². The molecule has 0 radical (unpaired) electrons. The zero-order valence-electron chi connectivity index (χ0n) is 8.44. The fourth-order valence-corrected chi connectivity index (χ4v) is 1.51. The second-order valence-corrected chi connectivity index (χ2v) is 3.82. The molecule has 16 heavy (non-hydrogen) atoms. The van der Waals surface area contributed by atoms with Gasteiger partial charge in [0.05, 0.1) is 18.9 Å². The number of oxazole rings is 1. The number of carbonyl (C=O) groups excluding carboxylic acids is 1. The Morgan fingerprint density at radius 1 is 1.38 bits per heavy atom. The van der Waals surface area contributed by atoms with Gasteiger partial charge in [0, 0.05) is 5.56 Å². The van der Waals surface area contributed by atoms with Crippen LogP contribution in [-0.2, 0) is 4.74 Å². The van der Waals surface area contributed by atoms with Crippen LogP contribution in [0, 0.1) is 0 Å². The van der Waals surface area contributed by atoms with Gasteiger partial charge in [-0.1, -0.05) is 0 Å². The van der Waals surface area contributed by atoms with Gasteiger partial charge in [-0.15, -0.1) is 0 Å². The van der Waals surface area contributed by atoms with Crippen molar-refractivity contribution < 1.29 is 13.9 Å². The highest BCUT2D eigenvalue weighted by molar-refractivity contribution is 9.10. The molecule has 1 heterocycles. The first-order chi connectivity index (χ1) is 7.70. The van der Waals surface area contributed by atoms with Crippen molar-refractivity contribution in [1.29, 1.82) is 0 Å². The SMILES string of the molecule is COC(=O)c1ccc(-c2ncc(Br)o2)cc1. The molecule has 1 aromatic heterocycles. The number of methoxy groups -OCH3 is 1. The molecule has 5 heteroatoms. The number of halogens is 1. The van der Waals surface area contributed by atoms with E-state index in [1.165, 1.54) is 7.11 Å². The monoisotopic (exact) mass is 281 g/mol. The highest BCUT2D eigenvalue weighted by atomic mass is 79.9. The van der Waals surface area contributed by atoms with Gasteiger partial charge in [0.25, 0.3) is 0 Å². The number of carbonyl (C=O) groups is 1. The smallest absolute Gasteiger partial charge is 0.337 e. The molecule has 2 rings (SSSR count). The van der Waals surface area contributed by atoms with Crippen LogP contribution in [0.4, 0.5) is 0 Å². The van der Waals surface area contributed by atoms with Gasteiger partial charge in [-0.2, -0.15) is 0 Å². The van der Waals surface area contributed by atoms with E-state index < -0.39 is 0 Å². The number of hydrogen-bond acceptors (Lipinski definition) is 4. The average Bonchev–Trinajstić information content (AvgIpc) is 2.75. The summed E-state index contributed by atoms with van der Waals surface area (Å²) in [5, 5.41) is 0. The van der Waals surface area contributed by atoms with Gasteiger partial charge in [0.15, 0.2) is 4.67 Å². The molecule has 0 aliphatic heterocycles. The van der Waals surface area contributed by atoms with Gasteiger partial charge in [-0.3, -0.25) is 0 Å². The minimum atomic E-state index is -0.361. The van der Waals surface area contributed by atoms with Gasteiger partial charge >= 0.3 is 5.97 Å². The normalized spacial score (nSPS) is 10.1. The highest BCUT2D eigenvalue weighted by Crippen LogP contribution is 2.22. The van der Waals surface area contributed by atoms with Gasteiger partial charge in [0.1, 0.15) is 0 Å². The van der Waals surface area contributed by atoms with Crippen molar-refractivity contribution in [2.45, 2.75) is 0 Å². The first-order valence-electron chi connectivity index (χ1n) is 4.51. The molecular weight excluding hydrogens is 274 g/mol. The molecular formula is C11H8BrNO3. The van der Waals surface area contributed by atoms with Crippen LogP contribution >= 0.6 is 15.9 Å². The zero-order chi connectivity index (χ0) is 11.5. The lowest BCUT2D eigenvalue weighted by molar-refractivity contribution is 0.0601. The molecule has 0 aliphatic rings. The van der Waals surface area contributed by atoms with E-state index >= 15 is 0 Å². The molecule has 0 fully saturated rings. The quantitative estimate of drug-likeness (QED) is 0.795. The fourth-order valence-electron chi connectivity index (χ4n) is 1.25. The Kier molecular flexibility index (Phi) is 3.05. The third kappa shape index (κ3) is 2.14. The summed E-state index contributed by atoms with van der Waals surface area (Å²) in [7, 11) is 1.35. The van der Waals surface area contributed by atoms with Gasteiger partial charge in [0.2, 0.25) is 5.89 Å². The lowest BCUT2D eigenvalue weighted by Gasteiger charge is -1.99. The molecule has 82 valence electrons. The molecule has 2 aromatic rings. The number of benzene rings is 1. The summed E-state index contributed by atoms with van der Waals surface area (Å²) in [6.07, 6.45) is 1.57. The molecule has 0 saturated carbocycles. The molecule has 0 aliphatic carbocycles. The Hall–Kier alpha value is -1.62. The van der Waals surface area contributed by atoms with Crippen molar-refractivity contribution in [3.05, 3.63) is 40.7 Å². The van der Waals surface area contributed by atoms with Gasteiger partial charge < -0.3 is 9.15 Å². The van der Waals surface area contributed by atoms with Crippen molar-refractivity contribution in [2.75, 3.05) is 7.11 Å². The number of aromatic nitrogens is 1.